The Morgan fingerprint density at radius 2 is 1.88 bits per heavy atom. The van der Waals surface area contributed by atoms with Crippen molar-refractivity contribution < 1.29 is 0 Å². The van der Waals surface area contributed by atoms with Gasteiger partial charge in [-0.2, -0.15) is 0 Å². The summed E-state index contributed by atoms with van der Waals surface area (Å²) in [7, 11) is 0. The summed E-state index contributed by atoms with van der Waals surface area (Å²) < 4.78 is 0. The molecule has 0 fully saturated rings. The van der Waals surface area contributed by atoms with Gasteiger partial charge in [-0.1, -0.05) is 20.3 Å². The molecule has 1 aromatic rings. The van der Waals surface area contributed by atoms with Gasteiger partial charge in [-0.3, -0.25) is 0 Å². The summed E-state index contributed by atoms with van der Waals surface area (Å²) >= 11 is 0. The van der Waals surface area contributed by atoms with Crippen LogP contribution in [-0.4, -0.2) is 16.0 Å². The Labute approximate surface area is 103 Å². The van der Waals surface area contributed by atoms with Crippen molar-refractivity contribution in [2.24, 2.45) is 5.84 Å². The van der Waals surface area contributed by atoms with Gasteiger partial charge < -0.3 is 10.7 Å². The van der Waals surface area contributed by atoms with Crippen molar-refractivity contribution in [2.45, 2.75) is 53.0 Å². The number of hydrazine groups is 1. The second-order valence-corrected chi connectivity index (χ2v) is 4.29. The van der Waals surface area contributed by atoms with Crippen LogP contribution in [0.2, 0.25) is 0 Å². The smallest absolute Gasteiger partial charge is 0.148 e. The first-order chi connectivity index (χ1) is 8.12. The quantitative estimate of drug-likeness (QED) is 0.522. The number of nitrogens with zero attached hydrogens (tertiary/aromatic N) is 2. The molecule has 17 heavy (non-hydrogen) atoms. The van der Waals surface area contributed by atoms with Gasteiger partial charge >= 0.3 is 0 Å². The molecular weight excluding hydrogens is 214 g/mol. The molecule has 1 heterocycles. The van der Waals surface area contributed by atoms with Crippen molar-refractivity contribution in [1.82, 2.24) is 9.97 Å². The third-order valence-corrected chi connectivity index (χ3v) is 2.75. The average molecular weight is 237 g/mol. The number of aromatic nitrogens is 2. The monoisotopic (exact) mass is 237 g/mol. The summed E-state index contributed by atoms with van der Waals surface area (Å²) in [6.07, 6.45) is 3.07. The lowest BCUT2D eigenvalue weighted by atomic mass is 10.2. The normalized spacial score (nSPS) is 12.3. The van der Waals surface area contributed by atoms with Crippen LogP contribution in [0.5, 0.6) is 0 Å². The van der Waals surface area contributed by atoms with Gasteiger partial charge in [-0.25, -0.2) is 15.8 Å². The first-order valence-corrected chi connectivity index (χ1v) is 6.23. The molecule has 0 aliphatic heterocycles. The van der Waals surface area contributed by atoms with Crippen molar-refractivity contribution in [3.8, 4) is 0 Å². The molecule has 0 saturated heterocycles. The van der Waals surface area contributed by atoms with E-state index in [2.05, 4.69) is 34.6 Å². The SMILES string of the molecule is CCCC(C)Nc1nc(CC)nc(NN)c1C. The van der Waals surface area contributed by atoms with Gasteiger partial charge in [0, 0.05) is 18.0 Å². The Morgan fingerprint density at radius 1 is 1.24 bits per heavy atom. The van der Waals surface area contributed by atoms with Crippen LogP contribution < -0.4 is 16.6 Å². The van der Waals surface area contributed by atoms with Gasteiger partial charge in [0.1, 0.15) is 17.5 Å². The number of rotatable bonds is 6. The maximum absolute atomic E-state index is 5.46. The maximum Gasteiger partial charge on any atom is 0.148 e. The molecule has 96 valence electrons. The Morgan fingerprint density at radius 3 is 2.41 bits per heavy atom. The highest BCUT2D eigenvalue weighted by Gasteiger charge is 2.11. The molecule has 0 radical (unpaired) electrons. The van der Waals surface area contributed by atoms with E-state index < -0.39 is 0 Å². The molecule has 0 aliphatic carbocycles. The van der Waals surface area contributed by atoms with E-state index in [1.807, 2.05) is 13.8 Å². The van der Waals surface area contributed by atoms with E-state index >= 15 is 0 Å². The average Bonchev–Trinajstić information content (AvgIpc) is 2.32. The molecule has 0 spiro atoms. The minimum absolute atomic E-state index is 0.406. The first-order valence-electron chi connectivity index (χ1n) is 6.23. The van der Waals surface area contributed by atoms with Crippen LogP contribution in [0.25, 0.3) is 0 Å². The number of nitrogen functional groups attached to an aromatic ring is 1. The van der Waals surface area contributed by atoms with Crippen LogP contribution in [0.4, 0.5) is 11.6 Å². The zero-order chi connectivity index (χ0) is 12.8. The number of aryl methyl sites for hydroxylation is 1. The zero-order valence-corrected chi connectivity index (χ0v) is 11.2. The van der Waals surface area contributed by atoms with E-state index in [0.29, 0.717) is 11.9 Å². The summed E-state index contributed by atoms with van der Waals surface area (Å²) in [5.74, 6) is 7.84. The number of hydrogen-bond acceptors (Lipinski definition) is 5. The van der Waals surface area contributed by atoms with Crippen molar-refractivity contribution in [3.63, 3.8) is 0 Å². The van der Waals surface area contributed by atoms with Crippen molar-refractivity contribution in [2.75, 3.05) is 10.7 Å². The first kappa shape index (κ1) is 13.7. The Bertz CT molecular complexity index is 364. The van der Waals surface area contributed by atoms with Gasteiger partial charge in [0.2, 0.25) is 0 Å². The second kappa shape index (κ2) is 6.39. The Balaban J connectivity index is 2.96. The molecule has 1 rings (SSSR count). The second-order valence-electron chi connectivity index (χ2n) is 4.29. The summed E-state index contributed by atoms with van der Waals surface area (Å²) in [6.45, 7) is 8.33. The molecule has 5 nitrogen and oxygen atoms in total. The summed E-state index contributed by atoms with van der Waals surface area (Å²) in [5, 5.41) is 3.41. The van der Waals surface area contributed by atoms with Crippen LogP contribution in [0.15, 0.2) is 0 Å². The molecule has 0 amide bonds. The highest BCUT2D eigenvalue weighted by atomic mass is 15.3. The van der Waals surface area contributed by atoms with Crippen molar-refractivity contribution in [3.05, 3.63) is 11.4 Å². The third kappa shape index (κ3) is 3.56. The predicted octanol–water partition coefficient (Wildman–Crippen LogP) is 2.23. The fourth-order valence-corrected chi connectivity index (χ4v) is 1.74. The minimum atomic E-state index is 0.406. The minimum Gasteiger partial charge on any atom is -0.367 e. The van der Waals surface area contributed by atoms with Gasteiger partial charge in [0.15, 0.2) is 0 Å². The number of hydrogen-bond donors (Lipinski definition) is 3. The summed E-state index contributed by atoms with van der Waals surface area (Å²) in [5.41, 5.74) is 3.59. The molecule has 1 aromatic heterocycles. The summed E-state index contributed by atoms with van der Waals surface area (Å²) in [6, 6.07) is 0.406. The number of nitrogens with one attached hydrogen (secondary N) is 2. The standard InChI is InChI=1S/C12H23N5/c1-5-7-8(3)14-11-9(4)12(17-13)16-10(6-2)15-11/h8H,5-7,13H2,1-4H3,(H2,14,15,16,17). The lowest BCUT2D eigenvalue weighted by Crippen LogP contribution is -2.19. The van der Waals surface area contributed by atoms with Crippen LogP contribution in [-0.2, 0) is 6.42 Å². The van der Waals surface area contributed by atoms with E-state index in [1.165, 1.54) is 0 Å². The maximum atomic E-state index is 5.46. The fraction of sp³-hybridized carbons (Fsp3) is 0.667. The van der Waals surface area contributed by atoms with E-state index in [4.69, 9.17) is 5.84 Å². The zero-order valence-electron chi connectivity index (χ0n) is 11.2. The van der Waals surface area contributed by atoms with Crippen molar-refractivity contribution >= 4 is 11.6 Å². The highest BCUT2D eigenvalue weighted by Crippen LogP contribution is 2.20. The lowest BCUT2D eigenvalue weighted by molar-refractivity contribution is 0.685. The highest BCUT2D eigenvalue weighted by molar-refractivity contribution is 5.57. The largest absolute Gasteiger partial charge is 0.367 e. The van der Waals surface area contributed by atoms with Crippen LogP contribution in [0.3, 0.4) is 0 Å². The molecule has 5 heteroatoms. The van der Waals surface area contributed by atoms with Crippen LogP contribution in [0.1, 0.15) is 45.0 Å². The molecule has 4 N–H and O–H groups in total. The molecule has 1 unspecified atom stereocenters. The molecular formula is C12H23N5. The number of nitrogens with two attached hydrogens (primary N) is 1. The van der Waals surface area contributed by atoms with Gasteiger partial charge in [-0.05, 0) is 20.3 Å². The van der Waals surface area contributed by atoms with E-state index in [0.717, 1.165) is 36.5 Å². The fourth-order valence-electron chi connectivity index (χ4n) is 1.74. The number of anilines is 2. The lowest BCUT2D eigenvalue weighted by Gasteiger charge is -2.17. The molecule has 0 aromatic carbocycles. The molecule has 0 saturated carbocycles. The van der Waals surface area contributed by atoms with E-state index in [1.54, 1.807) is 0 Å². The van der Waals surface area contributed by atoms with Crippen LogP contribution in [0, 0.1) is 6.92 Å². The molecule has 1 atom stereocenters. The molecule has 0 aliphatic rings. The van der Waals surface area contributed by atoms with Gasteiger partial charge in [-0.15, -0.1) is 0 Å². The predicted molar refractivity (Wildman–Crippen MR) is 71.9 cm³/mol. The Hall–Kier alpha value is -1.36. The van der Waals surface area contributed by atoms with Gasteiger partial charge in [0.25, 0.3) is 0 Å². The van der Waals surface area contributed by atoms with Gasteiger partial charge in [0.05, 0.1) is 0 Å². The summed E-state index contributed by atoms with van der Waals surface area (Å²) in [4.78, 5) is 8.84. The van der Waals surface area contributed by atoms with Crippen molar-refractivity contribution in [1.29, 1.82) is 0 Å². The Kier molecular flexibility index (Phi) is 5.15. The topological polar surface area (TPSA) is 75.9 Å². The van der Waals surface area contributed by atoms with E-state index in [9.17, 15) is 0 Å². The molecule has 0 bridgehead atoms. The third-order valence-electron chi connectivity index (χ3n) is 2.75. The van der Waals surface area contributed by atoms with E-state index in [-0.39, 0.29) is 0 Å². The van der Waals surface area contributed by atoms with Crippen LogP contribution >= 0.6 is 0 Å².